The van der Waals surface area contributed by atoms with Crippen LogP contribution in [0.4, 0.5) is 5.82 Å². The van der Waals surface area contributed by atoms with E-state index in [-0.39, 0.29) is 6.54 Å². The lowest BCUT2D eigenvalue weighted by Gasteiger charge is -2.17. The second-order valence-electron chi connectivity index (χ2n) is 3.40. The van der Waals surface area contributed by atoms with Crippen molar-refractivity contribution < 1.29 is 19.5 Å². The molecule has 1 rings (SSSR count). The third-order valence-electron chi connectivity index (χ3n) is 1.87. The van der Waals surface area contributed by atoms with Gasteiger partial charge in [-0.1, -0.05) is 11.6 Å². The zero-order valence-corrected chi connectivity index (χ0v) is 10.3. The first-order valence-corrected chi connectivity index (χ1v) is 5.32. The number of halogens is 1. The minimum Gasteiger partial charge on any atom is -0.479 e. The molecule has 2 N–H and O–H groups in total. The number of hydrogen-bond donors (Lipinski definition) is 2. The number of aliphatic carboxylic acids is 1. The Kier molecular flexibility index (Phi) is 5.34. The Balaban J connectivity index is 2.39. The molecule has 0 atom stereocenters. The number of hydrogen-bond acceptors (Lipinski definition) is 5. The minimum absolute atomic E-state index is 0.0196. The highest BCUT2D eigenvalue weighted by molar-refractivity contribution is 6.30. The number of carboxylic acid groups (broad SMARTS) is 1. The number of hydroxylamine groups is 1. The summed E-state index contributed by atoms with van der Waals surface area (Å²) in [4.78, 5) is 31.5. The second kappa shape index (κ2) is 6.77. The Hall–Kier alpha value is -1.86. The Morgan fingerprint density at radius 3 is 2.83 bits per heavy atom. The fraction of sp³-hybridized carbons (Fsp3) is 0.300. The van der Waals surface area contributed by atoms with E-state index in [2.05, 4.69) is 9.82 Å². The smallest absolute Gasteiger partial charge is 0.332 e. The number of nitrogens with one attached hydrogen (secondary N) is 1. The predicted octanol–water partition coefficient (Wildman–Crippen LogP) is 0.304. The number of likely N-dealkylation sites (N-methyl/N-ethyl adjacent to an activating group) is 1. The number of carboxylic acids is 1. The second-order valence-corrected chi connectivity index (χ2v) is 3.83. The number of anilines is 1. The fourth-order valence-electron chi connectivity index (χ4n) is 1.10. The number of nitrogens with zero attached hydrogens (tertiary/aromatic N) is 2. The Labute approximate surface area is 108 Å². The van der Waals surface area contributed by atoms with E-state index in [1.165, 1.54) is 6.20 Å². The van der Waals surface area contributed by atoms with E-state index in [1.54, 1.807) is 24.1 Å². The molecule has 0 aliphatic carbocycles. The van der Waals surface area contributed by atoms with Crippen LogP contribution in [0.1, 0.15) is 0 Å². The first-order chi connectivity index (χ1) is 8.49. The van der Waals surface area contributed by atoms with Gasteiger partial charge in [0.05, 0.1) is 5.02 Å². The van der Waals surface area contributed by atoms with Gasteiger partial charge < -0.3 is 10.0 Å². The molecule has 7 nitrogen and oxygen atoms in total. The zero-order chi connectivity index (χ0) is 13.5. The monoisotopic (exact) mass is 273 g/mol. The average Bonchev–Trinajstić information content (AvgIpc) is 2.29. The molecular formula is C10H12ClN3O4. The van der Waals surface area contributed by atoms with Crippen molar-refractivity contribution in [3.8, 4) is 0 Å². The van der Waals surface area contributed by atoms with E-state index in [4.69, 9.17) is 16.7 Å². The number of carbonyl (C=O) groups is 2. The number of aromatic nitrogens is 1. The largest absolute Gasteiger partial charge is 0.479 e. The molecule has 8 heteroatoms. The molecule has 0 unspecified atom stereocenters. The van der Waals surface area contributed by atoms with Crippen LogP contribution in [0.25, 0.3) is 0 Å². The summed E-state index contributed by atoms with van der Waals surface area (Å²) in [5, 5.41) is 8.80. The van der Waals surface area contributed by atoms with Gasteiger partial charge in [0.25, 0.3) is 5.91 Å². The van der Waals surface area contributed by atoms with Crippen LogP contribution in [0.2, 0.25) is 5.02 Å². The van der Waals surface area contributed by atoms with Crippen molar-refractivity contribution in [2.45, 2.75) is 0 Å². The molecule has 0 aromatic carbocycles. The summed E-state index contributed by atoms with van der Waals surface area (Å²) in [6, 6.07) is 3.31. The maximum atomic E-state index is 11.4. The number of carbonyl (C=O) groups excluding carboxylic acids is 1. The fourth-order valence-corrected chi connectivity index (χ4v) is 1.21. The molecule has 1 heterocycles. The molecule has 0 saturated carbocycles. The van der Waals surface area contributed by atoms with E-state index in [0.717, 1.165) is 0 Å². The first kappa shape index (κ1) is 14.2. The minimum atomic E-state index is -1.16. The van der Waals surface area contributed by atoms with E-state index in [1.807, 2.05) is 5.48 Å². The highest BCUT2D eigenvalue weighted by Gasteiger charge is 2.09. The normalized spacial score (nSPS) is 9.89. The van der Waals surface area contributed by atoms with Crippen molar-refractivity contribution in [1.29, 1.82) is 0 Å². The predicted molar refractivity (Wildman–Crippen MR) is 64.2 cm³/mol. The zero-order valence-electron chi connectivity index (χ0n) is 9.59. The van der Waals surface area contributed by atoms with Crippen LogP contribution in [0.5, 0.6) is 0 Å². The molecule has 0 radical (unpaired) electrons. The molecule has 18 heavy (non-hydrogen) atoms. The maximum Gasteiger partial charge on any atom is 0.332 e. The van der Waals surface area contributed by atoms with Gasteiger partial charge in [0.2, 0.25) is 0 Å². The number of pyridine rings is 1. The van der Waals surface area contributed by atoms with Crippen LogP contribution in [-0.2, 0) is 14.4 Å². The van der Waals surface area contributed by atoms with Crippen LogP contribution in [0.3, 0.4) is 0 Å². The quantitative estimate of drug-likeness (QED) is 0.725. The van der Waals surface area contributed by atoms with Crippen LogP contribution in [0.15, 0.2) is 18.3 Å². The maximum absolute atomic E-state index is 11.4. The summed E-state index contributed by atoms with van der Waals surface area (Å²) in [7, 11) is 1.66. The van der Waals surface area contributed by atoms with Gasteiger partial charge in [0.15, 0.2) is 6.61 Å². The Bertz CT molecular complexity index is 424. The lowest BCUT2D eigenvalue weighted by Crippen LogP contribution is -2.36. The molecule has 0 aliphatic heterocycles. The van der Waals surface area contributed by atoms with Gasteiger partial charge in [-0.05, 0) is 12.1 Å². The first-order valence-electron chi connectivity index (χ1n) is 4.94. The van der Waals surface area contributed by atoms with Gasteiger partial charge in [0.1, 0.15) is 12.4 Å². The van der Waals surface area contributed by atoms with Gasteiger partial charge in [-0.2, -0.15) is 0 Å². The molecule has 0 fully saturated rings. The van der Waals surface area contributed by atoms with E-state index in [9.17, 15) is 9.59 Å². The van der Waals surface area contributed by atoms with E-state index in [0.29, 0.717) is 10.8 Å². The van der Waals surface area contributed by atoms with Gasteiger partial charge in [-0.25, -0.2) is 15.3 Å². The molecule has 1 aromatic rings. The van der Waals surface area contributed by atoms with Crippen LogP contribution in [0, 0.1) is 0 Å². The highest BCUT2D eigenvalue weighted by Crippen LogP contribution is 2.12. The van der Waals surface area contributed by atoms with Gasteiger partial charge in [0, 0.05) is 13.2 Å². The summed E-state index contributed by atoms with van der Waals surface area (Å²) in [6.07, 6.45) is 1.46. The van der Waals surface area contributed by atoms with Crippen molar-refractivity contribution in [2.24, 2.45) is 0 Å². The van der Waals surface area contributed by atoms with Crippen molar-refractivity contribution in [2.75, 3.05) is 25.1 Å². The van der Waals surface area contributed by atoms with Crippen molar-refractivity contribution in [1.82, 2.24) is 10.5 Å². The van der Waals surface area contributed by atoms with E-state index < -0.39 is 18.5 Å². The molecule has 0 spiro atoms. The van der Waals surface area contributed by atoms with E-state index >= 15 is 0 Å². The average molecular weight is 274 g/mol. The standard InChI is InChI=1S/C10H12ClN3O4/c1-14(8-3-2-7(11)4-12-8)5-9(15)13-18-6-10(16)17/h2-4H,5-6H2,1H3,(H,13,15)(H,16,17). The molecule has 0 aliphatic rings. The van der Waals surface area contributed by atoms with Gasteiger partial charge in [-0.3, -0.25) is 9.63 Å². The SMILES string of the molecule is CN(CC(=O)NOCC(=O)O)c1ccc(Cl)cn1. The summed E-state index contributed by atoms with van der Waals surface area (Å²) in [5.41, 5.74) is 2.01. The third-order valence-corrected chi connectivity index (χ3v) is 2.09. The van der Waals surface area contributed by atoms with Crippen LogP contribution in [-0.4, -0.2) is 42.2 Å². The lowest BCUT2D eigenvalue weighted by atomic mass is 10.4. The lowest BCUT2D eigenvalue weighted by molar-refractivity contribution is -0.148. The third kappa shape index (κ3) is 4.98. The summed E-state index contributed by atoms with van der Waals surface area (Å²) < 4.78 is 0. The Morgan fingerprint density at radius 1 is 1.56 bits per heavy atom. The van der Waals surface area contributed by atoms with Crippen molar-refractivity contribution in [3.05, 3.63) is 23.4 Å². The molecule has 1 aromatic heterocycles. The molecule has 1 amide bonds. The van der Waals surface area contributed by atoms with Crippen LogP contribution < -0.4 is 10.4 Å². The van der Waals surface area contributed by atoms with Crippen molar-refractivity contribution in [3.63, 3.8) is 0 Å². The number of amides is 1. The Morgan fingerprint density at radius 2 is 2.28 bits per heavy atom. The van der Waals surface area contributed by atoms with Crippen molar-refractivity contribution >= 4 is 29.3 Å². The number of rotatable bonds is 6. The highest BCUT2D eigenvalue weighted by atomic mass is 35.5. The summed E-state index contributed by atoms with van der Waals surface area (Å²) in [6.45, 7) is -0.608. The molecule has 98 valence electrons. The molecule has 0 saturated heterocycles. The molecular weight excluding hydrogens is 262 g/mol. The topological polar surface area (TPSA) is 91.8 Å². The molecule has 0 bridgehead atoms. The van der Waals surface area contributed by atoms with Gasteiger partial charge in [-0.15, -0.1) is 0 Å². The van der Waals surface area contributed by atoms with Crippen LogP contribution >= 0.6 is 11.6 Å². The summed E-state index contributed by atoms with van der Waals surface area (Å²) >= 11 is 5.68. The van der Waals surface area contributed by atoms with Gasteiger partial charge >= 0.3 is 5.97 Å². The summed E-state index contributed by atoms with van der Waals surface area (Å²) in [5.74, 6) is -1.08.